The minimum atomic E-state index is -0.637. The molecule has 0 saturated carbocycles. The second-order valence-electron chi connectivity index (χ2n) is 7.32. The van der Waals surface area contributed by atoms with Crippen LogP contribution in [0.5, 0.6) is 0 Å². The number of Topliss-reactive ketones (excluding diaryl/α,β-unsaturated/α-hetero) is 1. The molecule has 1 heterocycles. The van der Waals surface area contributed by atoms with E-state index in [-0.39, 0.29) is 30.3 Å². The SMILES string of the molecule is CC(=O)NCC1CN(c2cc(F)c3c(c2)CCCC(=CN(C)C)C3=O)C(=O)O1. The molecule has 0 spiro atoms. The van der Waals surface area contributed by atoms with Crippen molar-refractivity contribution in [3.63, 3.8) is 0 Å². The smallest absolute Gasteiger partial charge is 0.414 e. The molecule has 0 radical (unpaired) electrons. The number of cyclic esters (lactones) is 1. The number of benzene rings is 1. The van der Waals surface area contributed by atoms with Crippen LogP contribution in [0.4, 0.5) is 14.9 Å². The van der Waals surface area contributed by atoms with Gasteiger partial charge in [-0.1, -0.05) is 0 Å². The molecule has 1 aromatic rings. The monoisotopic (exact) mass is 389 g/mol. The molecule has 1 atom stereocenters. The van der Waals surface area contributed by atoms with Crippen LogP contribution in [0, 0.1) is 5.82 Å². The van der Waals surface area contributed by atoms with Crippen LogP contribution in [-0.2, 0) is 16.0 Å². The first kappa shape index (κ1) is 19.9. The second-order valence-corrected chi connectivity index (χ2v) is 7.32. The number of hydrogen-bond donors (Lipinski definition) is 1. The molecular formula is C20H24FN3O4. The van der Waals surface area contributed by atoms with E-state index >= 15 is 0 Å². The van der Waals surface area contributed by atoms with Crippen molar-refractivity contribution in [2.45, 2.75) is 32.3 Å². The summed E-state index contributed by atoms with van der Waals surface area (Å²) in [5.74, 6) is -1.16. The number of allylic oxidation sites excluding steroid dienone is 1. The van der Waals surface area contributed by atoms with Crippen molar-refractivity contribution in [2.75, 3.05) is 32.1 Å². The first-order chi connectivity index (χ1) is 13.3. The zero-order valence-electron chi connectivity index (χ0n) is 16.3. The van der Waals surface area contributed by atoms with Gasteiger partial charge in [0.2, 0.25) is 5.91 Å². The number of ketones is 1. The molecule has 7 nitrogen and oxygen atoms in total. The summed E-state index contributed by atoms with van der Waals surface area (Å²) < 4.78 is 20.1. The predicted octanol–water partition coefficient (Wildman–Crippen LogP) is 2.25. The largest absolute Gasteiger partial charge is 0.442 e. The molecule has 1 aliphatic heterocycles. The van der Waals surface area contributed by atoms with Crippen LogP contribution in [0.1, 0.15) is 35.7 Å². The number of hydrogen-bond acceptors (Lipinski definition) is 5. The first-order valence-electron chi connectivity index (χ1n) is 9.23. The molecular weight excluding hydrogens is 365 g/mol. The van der Waals surface area contributed by atoms with Gasteiger partial charge in [-0.15, -0.1) is 0 Å². The Morgan fingerprint density at radius 1 is 1.36 bits per heavy atom. The predicted molar refractivity (Wildman–Crippen MR) is 102 cm³/mol. The van der Waals surface area contributed by atoms with Gasteiger partial charge in [-0.05, 0) is 37.0 Å². The number of rotatable bonds is 4. The first-order valence-corrected chi connectivity index (χ1v) is 9.23. The van der Waals surface area contributed by atoms with E-state index in [2.05, 4.69) is 5.32 Å². The number of fused-ring (bicyclic) bond motifs is 1. The third-order valence-corrected chi connectivity index (χ3v) is 4.75. The van der Waals surface area contributed by atoms with E-state index in [9.17, 15) is 18.8 Å². The molecule has 2 amide bonds. The highest BCUT2D eigenvalue weighted by molar-refractivity contribution is 6.10. The van der Waals surface area contributed by atoms with Gasteiger partial charge in [0, 0.05) is 32.8 Å². The standard InChI is InChI=1S/C20H24FN3O4/c1-12(25)22-9-16-11-24(20(27)28-16)15-7-13-5-4-6-14(10-23(2)3)19(26)18(13)17(21)8-15/h7-8,10,16H,4-6,9,11H2,1-3H3,(H,22,25). The summed E-state index contributed by atoms with van der Waals surface area (Å²) >= 11 is 0. The van der Waals surface area contributed by atoms with Crippen LogP contribution in [0.3, 0.4) is 0 Å². The van der Waals surface area contributed by atoms with Gasteiger partial charge in [-0.25, -0.2) is 9.18 Å². The van der Waals surface area contributed by atoms with Crippen LogP contribution in [0.15, 0.2) is 23.9 Å². The Balaban J connectivity index is 1.88. The Morgan fingerprint density at radius 3 is 2.79 bits per heavy atom. The van der Waals surface area contributed by atoms with Gasteiger partial charge >= 0.3 is 6.09 Å². The number of nitrogens with zero attached hydrogens (tertiary/aromatic N) is 2. The quantitative estimate of drug-likeness (QED) is 0.631. The number of halogens is 1. The number of aryl methyl sites for hydroxylation is 1. The van der Waals surface area contributed by atoms with Gasteiger partial charge in [0.15, 0.2) is 5.78 Å². The Morgan fingerprint density at radius 2 is 2.11 bits per heavy atom. The lowest BCUT2D eigenvalue weighted by Crippen LogP contribution is -2.33. The molecule has 1 N–H and O–H groups in total. The van der Waals surface area contributed by atoms with E-state index < -0.39 is 18.0 Å². The van der Waals surface area contributed by atoms with E-state index in [1.165, 1.54) is 17.9 Å². The second kappa shape index (κ2) is 8.00. The minimum absolute atomic E-state index is 0.0803. The fourth-order valence-corrected chi connectivity index (χ4v) is 3.53. The van der Waals surface area contributed by atoms with Gasteiger partial charge in [-0.2, -0.15) is 0 Å². The normalized spacial score (nSPS) is 20.6. The average Bonchev–Trinajstić information content (AvgIpc) is 2.91. The van der Waals surface area contributed by atoms with E-state index in [1.54, 1.807) is 17.2 Å². The molecule has 1 fully saturated rings. The highest BCUT2D eigenvalue weighted by Crippen LogP contribution is 2.32. The molecule has 28 heavy (non-hydrogen) atoms. The molecule has 8 heteroatoms. The van der Waals surface area contributed by atoms with E-state index in [0.29, 0.717) is 29.7 Å². The number of ether oxygens (including phenoxy) is 1. The molecule has 150 valence electrons. The van der Waals surface area contributed by atoms with Gasteiger partial charge in [-0.3, -0.25) is 14.5 Å². The Labute approximate surface area is 163 Å². The van der Waals surface area contributed by atoms with Crippen molar-refractivity contribution in [1.82, 2.24) is 10.2 Å². The molecule has 3 rings (SSSR count). The molecule has 1 unspecified atom stereocenters. The zero-order chi connectivity index (χ0) is 20.4. The highest BCUT2D eigenvalue weighted by atomic mass is 19.1. The Kier molecular flexibility index (Phi) is 5.67. The minimum Gasteiger partial charge on any atom is -0.442 e. The average molecular weight is 389 g/mol. The summed E-state index contributed by atoms with van der Waals surface area (Å²) in [6.07, 6.45) is 2.48. The maximum atomic E-state index is 14.9. The van der Waals surface area contributed by atoms with Gasteiger partial charge in [0.05, 0.1) is 24.3 Å². The number of carbonyl (C=O) groups excluding carboxylic acids is 3. The van der Waals surface area contributed by atoms with Crippen molar-refractivity contribution in [3.8, 4) is 0 Å². The molecule has 2 aliphatic rings. The zero-order valence-corrected chi connectivity index (χ0v) is 16.3. The van der Waals surface area contributed by atoms with Crippen LogP contribution < -0.4 is 10.2 Å². The van der Waals surface area contributed by atoms with Gasteiger partial charge in [0.25, 0.3) is 0 Å². The summed E-state index contributed by atoms with van der Waals surface area (Å²) in [7, 11) is 3.64. The summed E-state index contributed by atoms with van der Waals surface area (Å²) in [5.41, 5.74) is 1.61. The summed E-state index contributed by atoms with van der Waals surface area (Å²) in [4.78, 5) is 39.2. The van der Waals surface area contributed by atoms with Crippen molar-refractivity contribution in [3.05, 3.63) is 40.8 Å². The summed E-state index contributed by atoms with van der Waals surface area (Å²) in [5, 5.41) is 2.60. The highest BCUT2D eigenvalue weighted by Gasteiger charge is 2.34. The Hall–Kier alpha value is -2.90. The molecule has 0 aromatic heterocycles. The maximum absolute atomic E-state index is 14.9. The molecule has 1 aromatic carbocycles. The number of anilines is 1. The number of amides is 2. The van der Waals surface area contributed by atoms with Crippen LogP contribution in [0.25, 0.3) is 0 Å². The lowest BCUT2D eigenvalue weighted by Gasteiger charge is -2.17. The van der Waals surface area contributed by atoms with Crippen molar-refractivity contribution in [2.24, 2.45) is 0 Å². The van der Waals surface area contributed by atoms with Crippen molar-refractivity contribution < 1.29 is 23.5 Å². The lowest BCUT2D eigenvalue weighted by atomic mass is 9.98. The topological polar surface area (TPSA) is 79.0 Å². The van der Waals surface area contributed by atoms with E-state index in [1.807, 2.05) is 14.1 Å². The van der Waals surface area contributed by atoms with Gasteiger partial charge in [0.1, 0.15) is 11.9 Å². The molecule has 1 aliphatic carbocycles. The van der Waals surface area contributed by atoms with Crippen LogP contribution in [0.2, 0.25) is 0 Å². The third kappa shape index (κ3) is 4.16. The summed E-state index contributed by atoms with van der Waals surface area (Å²) in [6, 6.07) is 2.90. The molecule has 0 bridgehead atoms. The summed E-state index contributed by atoms with van der Waals surface area (Å²) in [6.45, 7) is 1.78. The lowest BCUT2D eigenvalue weighted by molar-refractivity contribution is -0.119. The van der Waals surface area contributed by atoms with Crippen LogP contribution >= 0.6 is 0 Å². The van der Waals surface area contributed by atoms with Crippen LogP contribution in [-0.4, -0.2) is 56.0 Å². The third-order valence-electron chi connectivity index (χ3n) is 4.75. The van der Waals surface area contributed by atoms with Crippen molar-refractivity contribution in [1.29, 1.82) is 0 Å². The fourth-order valence-electron chi connectivity index (χ4n) is 3.53. The fraction of sp³-hybridized carbons (Fsp3) is 0.450. The van der Waals surface area contributed by atoms with E-state index in [0.717, 1.165) is 6.42 Å². The molecule has 1 saturated heterocycles. The van der Waals surface area contributed by atoms with Crippen molar-refractivity contribution >= 4 is 23.5 Å². The number of nitrogens with one attached hydrogen (secondary N) is 1. The maximum Gasteiger partial charge on any atom is 0.414 e. The van der Waals surface area contributed by atoms with E-state index in [4.69, 9.17) is 4.74 Å². The van der Waals surface area contributed by atoms with Gasteiger partial charge < -0.3 is 15.0 Å². The number of carbonyl (C=O) groups is 3. The Bertz CT molecular complexity index is 850.